The van der Waals surface area contributed by atoms with Gasteiger partial charge in [-0.1, -0.05) is 35.9 Å². The predicted molar refractivity (Wildman–Crippen MR) is 161 cm³/mol. The lowest BCUT2D eigenvalue weighted by Gasteiger charge is -2.37. The average molecular weight is 590 g/mol. The highest BCUT2D eigenvalue weighted by Gasteiger charge is 2.38. The number of nitrogens with one attached hydrogen (secondary N) is 3. The molecule has 5 rings (SSSR count). The molecule has 1 heterocycles. The van der Waals surface area contributed by atoms with Crippen molar-refractivity contribution in [2.75, 3.05) is 13.7 Å². The van der Waals surface area contributed by atoms with Gasteiger partial charge in [-0.25, -0.2) is 4.79 Å². The van der Waals surface area contributed by atoms with Gasteiger partial charge in [-0.3, -0.25) is 9.59 Å². The molecule has 1 aromatic heterocycles. The number of hydrogen-bond acceptors (Lipinski definition) is 5. The number of H-pyrrole nitrogens is 1. The van der Waals surface area contributed by atoms with Crippen LogP contribution in [0, 0.1) is 0 Å². The Morgan fingerprint density at radius 1 is 1.02 bits per heavy atom. The second-order valence-corrected chi connectivity index (χ2v) is 11.2. The lowest BCUT2D eigenvalue weighted by atomic mass is 9.80. The van der Waals surface area contributed by atoms with E-state index in [1.807, 2.05) is 26.0 Å². The minimum Gasteiger partial charge on any atom is -0.490 e. The number of halogens is 1. The number of ether oxygens (including phenoxy) is 1. The first-order valence-electron chi connectivity index (χ1n) is 13.7. The summed E-state index contributed by atoms with van der Waals surface area (Å²) >= 11 is 6.39. The second-order valence-electron chi connectivity index (χ2n) is 10.8. The molecule has 3 aromatic carbocycles. The Labute approximate surface area is 247 Å². The lowest BCUT2D eigenvalue weighted by Crippen LogP contribution is -2.54. The van der Waals surface area contributed by atoms with E-state index in [9.17, 15) is 24.6 Å². The van der Waals surface area contributed by atoms with Crippen LogP contribution in [0.2, 0.25) is 5.02 Å². The largest absolute Gasteiger partial charge is 0.490 e. The first kappa shape index (κ1) is 29.2. The van der Waals surface area contributed by atoms with Gasteiger partial charge in [0.05, 0.1) is 45.5 Å². The van der Waals surface area contributed by atoms with Gasteiger partial charge in [0.1, 0.15) is 5.75 Å². The quantitative estimate of drug-likeness (QED) is 0.196. The number of aromatic carboxylic acids is 1. The third-order valence-corrected chi connectivity index (χ3v) is 7.98. The van der Waals surface area contributed by atoms with E-state index in [-0.39, 0.29) is 29.2 Å². The summed E-state index contributed by atoms with van der Waals surface area (Å²) in [6.07, 6.45) is 1.11. The van der Waals surface area contributed by atoms with E-state index < -0.39 is 17.4 Å². The number of para-hydroxylation sites is 1. The summed E-state index contributed by atoms with van der Waals surface area (Å²) in [6, 6.07) is 15.4. The van der Waals surface area contributed by atoms with E-state index in [0.717, 1.165) is 16.6 Å². The molecule has 9 nitrogen and oxygen atoms in total. The van der Waals surface area contributed by atoms with Gasteiger partial charge in [0.2, 0.25) is 0 Å². The maximum Gasteiger partial charge on any atom is 0.337 e. The van der Waals surface area contributed by atoms with Crippen LogP contribution in [0.5, 0.6) is 5.75 Å². The van der Waals surface area contributed by atoms with E-state index in [1.165, 1.54) is 7.05 Å². The molecule has 218 valence electrons. The minimum absolute atomic E-state index is 0.177. The zero-order valence-corrected chi connectivity index (χ0v) is 24.3. The Bertz CT molecular complexity index is 1710. The van der Waals surface area contributed by atoms with Crippen molar-refractivity contribution in [2.45, 2.75) is 44.8 Å². The van der Waals surface area contributed by atoms with Crippen LogP contribution < -0.4 is 15.4 Å². The number of carboxylic acids is 1. The number of benzene rings is 3. The number of aromatic amines is 1. The maximum absolute atomic E-state index is 13.9. The molecular formula is C32H32ClN3O6. The number of aliphatic hydroxyl groups excluding tert-OH is 1. The molecule has 1 unspecified atom stereocenters. The number of aryl methyl sites for hydroxylation is 1. The molecule has 4 aromatic rings. The van der Waals surface area contributed by atoms with Gasteiger partial charge in [0.25, 0.3) is 11.8 Å². The Hall–Kier alpha value is -4.34. The fraction of sp³-hybridized carbons (Fsp3) is 0.281. The Balaban J connectivity index is 1.49. The number of rotatable bonds is 8. The Morgan fingerprint density at radius 2 is 1.76 bits per heavy atom. The fourth-order valence-corrected chi connectivity index (χ4v) is 5.82. The molecule has 0 aliphatic heterocycles. The topological polar surface area (TPSA) is 141 Å². The van der Waals surface area contributed by atoms with Gasteiger partial charge < -0.3 is 30.6 Å². The summed E-state index contributed by atoms with van der Waals surface area (Å²) in [5, 5.41) is 26.9. The minimum atomic E-state index is -1.02. The van der Waals surface area contributed by atoms with E-state index in [4.69, 9.17) is 16.3 Å². The van der Waals surface area contributed by atoms with Crippen molar-refractivity contribution < 1.29 is 29.3 Å². The molecule has 0 saturated carbocycles. The van der Waals surface area contributed by atoms with Gasteiger partial charge in [0, 0.05) is 24.5 Å². The smallest absolute Gasteiger partial charge is 0.337 e. The second kappa shape index (κ2) is 11.5. The third-order valence-electron chi connectivity index (χ3n) is 7.67. The number of fused-ring (bicyclic) bond motifs is 3. The van der Waals surface area contributed by atoms with Crippen LogP contribution in [0.1, 0.15) is 62.6 Å². The van der Waals surface area contributed by atoms with Crippen LogP contribution >= 0.6 is 11.6 Å². The van der Waals surface area contributed by atoms with E-state index in [1.54, 1.807) is 42.5 Å². The SMILES string of the molecule is CNC(=O)c1ccc(-c2ccc(OC(C)C)c(C(=O)NC3(CO)CCc4[nH]c5c(C(=O)O)cccc5c4C3)c2)cc1Cl. The zero-order chi connectivity index (χ0) is 30.2. The van der Waals surface area contributed by atoms with Gasteiger partial charge in [-0.15, -0.1) is 0 Å². The molecule has 0 fully saturated rings. The van der Waals surface area contributed by atoms with Crippen LogP contribution in [0.25, 0.3) is 22.0 Å². The van der Waals surface area contributed by atoms with Crippen molar-refractivity contribution in [3.05, 3.63) is 87.6 Å². The van der Waals surface area contributed by atoms with Crippen LogP contribution in [0.15, 0.2) is 54.6 Å². The zero-order valence-electron chi connectivity index (χ0n) is 23.5. The summed E-state index contributed by atoms with van der Waals surface area (Å²) in [7, 11) is 1.53. The number of carbonyl (C=O) groups is 3. The number of carbonyl (C=O) groups excluding carboxylic acids is 2. The summed E-state index contributed by atoms with van der Waals surface area (Å²) in [5.74, 6) is -1.35. The molecule has 0 radical (unpaired) electrons. The van der Waals surface area contributed by atoms with Crippen LogP contribution in [0.3, 0.4) is 0 Å². The first-order valence-corrected chi connectivity index (χ1v) is 14.1. The molecule has 2 amide bonds. The maximum atomic E-state index is 13.9. The molecule has 0 saturated heterocycles. The summed E-state index contributed by atoms with van der Waals surface area (Å²) < 4.78 is 5.98. The van der Waals surface area contributed by atoms with Crippen LogP contribution in [-0.4, -0.2) is 58.3 Å². The van der Waals surface area contributed by atoms with E-state index in [2.05, 4.69) is 15.6 Å². The number of aliphatic hydroxyl groups is 1. The number of amides is 2. The van der Waals surface area contributed by atoms with Crippen molar-refractivity contribution in [3.8, 4) is 16.9 Å². The Morgan fingerprint density at radius 3 is 2.43 bits per heavy atom. The molecule has 0 bridgehead atoms. The summed E-state index contributed by atoms with van der Waals surface area (Å²) in [6.45, 7) is 3.43. The van der Waals surface area contributed by atoms with Crippen molar-refractivity contribution in [1.82, 2.24) is 15.6 Å². The highest BCUT2D eigenvalue weighted by Crippen LogP contribution is 2.36. The molecule has 0 spiro atoms. The number of hydrogen-bond donors (Lipinski definition) is 5. The molecule has 10 heteroatoms. The van der Waals surface area contributed by atoms with Crippen molar-refractivity contribution >= 4 is 40.3 Å². The highest BCUT2D eigenvalue weighted by atomic mass is 35.5. The van der Waals surface area contributed by atoms with Crippen LogP contribution in [0.4, 0.5) is 0 Å². The lowest BCUT2D eigenvalue weighted by molar-refractivity contribution is 0.0697. The Kier molecular flexibility index (Phi) is 7.99. The first-order chi connectivity index (χ1) is 20.1. The predicted octanol–water partition coefficient (Wildman–Crippen LogP) is 4.98. The molecule has 5 N–H and O–H groups in total. The van der Waals surface area contributed by atoms with Crippen molar-refractivity contribution in [3.63, 3.8) is 0 Å². The van der Waals surface area contributed by atoms with Crippen LogP contribution in [-0.2, 0) is 12.8 Å². The number of carboxylic acid groups (broad SMARTS) is 1. The monoisotopic (exact) mass is 589 g/mol. The molecule has 1 aliphatic carbocycles. The molecule has 42 heavy (non-hydrogen) atoms. The van der Waals surface area contributed by atoms with E-state index >= 15 is 0 Å². The normalized spacial score (nSPS) is 16.2. The van der Waals surface area contributed by atoms with E-state index in [0.29, 0.717) is 52.8 Å². The number of aromatic nitrogens is 1. The van der Waals surface area contributed by atoms with Gasteiger partial charge in [0.15, 0.2) is 0 Å². The summed E-state index contributed by atoms with van der Waals surface area (Å²) in [5.41, 5.74) is 3.57. The van der Waals surface area contributed by atoms with Crippen molar-refractivity contribution in [2.24, 2.45) is 0 Å². The standard InChI is InChI=1S/C32H32ClN3O6/c1-17(2)42-27-10-8-18(19-7-9-21(25(33)14-19)29(38)34-3)13-23(27)30(39)36-32(16-37)12-11-26-24(15-32)20-5-4-6-22(31(40)41)28(20)35-26/h4-10,13-14,17,35,37H,11-12,15-16H2,1-3H3,(H,34,38)(H,36,39)(H,40,41). The van der Waals surface area contributed by atoms with Gasteiger partial charge >= 0.3 is 5.97 Å². The fourth-order valence-electron chi connectivity index (χ4n) is 5.56. The highest BCUT2D eigenvalue weighted by molar-refractivity contribution is 6.34. The summed E-state index contributed by atoms with van der Waals surface area (Å²) in [4.78, 5) is 41.0. The van der Waals surface area contributed by atoms with Gasteiger partial charge in [-0.05, 0) is 73.7 Å². The molecule has 1 atom stereocenters. The van der Waals surface area contributed by atoms with Gasteiger partial charge in [-0.2, -0.15) is 0 Å². The van der Waals surface area contributed by atoms with Crippen molar-refractivity contribution in [1.29, 1.82) is 0 Å². The molecule has 1 aliphatic rings. The third kappa shape index (κ3) is 5.45. The molecular weight excluding hydrogens is 558 g/mol. The average Bonchev–Trinajstić information content (AvgIpc) is 3.34.